The predicted octanol–water partition coefficient (Wildman–Crippen LogP) is 1.30. The van der Waals surface area contributed by atoms with E-state index in [2.05, 4.69) is 10.3 Å². The van der Waals surface area contributed by atoms with Crippen LogP contribution >= 0.6 is 0 Å². The van der Waals surface area contributed by atoms with Crippen LogP contribution in [0.5, 0.6) is 0 Å². The van der Waals surface area contributed by atoms with E-state index in [9.17, 15) is 4.79 Å². The van der Waals surface area contributed by atoms with Gasteiger partial charge in [0.05, 0.1) is 0 Å². The molecule has 0 radical (unpaired) electrons. The summed E-state index contributed by atoms with van der Waals surface area (Å²) in [5, 5.41) is 2.69. The van der Waals surface area contributed by atoms with Crippen molar-refractivity contribution in [3.8, 4) is 0 Å². The molecule has 0 aromatic carbocycles. The Hall–Kier alpha value is -1.84. The molecule has 1 aromatic rings. The number of hydrogen-bond acceptors (Lipinski definition) is 3. The molecule has 1 N–H and O–H groups in total. The van der Waals surface area contributed by atoms with Crippen molar-refractivity contribution in [1.29, 1.82) is 0 Å². The van der Waals surface area contributed by atoms with Crippen LogP contribution in [0.2, 0.25) is 0 Å². The molecular weight excluding hydrogens is 202 g/mol. The highest BCUT2D eigenvalue weighted by Crippen LogP contribution is 2.08. The Kier molecular flexibility index (Phi) is 4.51. The highest BCUT2D eigenvalue weighted by atomic mass is 16.1. The molecule has 0 fully saturated rings. The van der Waals surface area contributed by atoms with E-state index in [1.807, 2.05) is 43.3 Å². The third kappa shape index (κ3) is 4.13. The Labute approximate surface area is 96.0 Å². The fraction of sp³-hybridized carbons (Fsp3) is 0.333. The lowest BCUT2D eigenvalue weighted by Gasteiger charge is -2.10. The molecule has 4 nitrogen and oxygen atoms in total. The van der Waals surface area contributed by atoms with Crippen molar-refractivity contribution in [2.75, 3.05) is 25.5 Å². The van der Waals surface area contributed by atoms with Crippen LogP contribution < -0.4 is 10.2 Å². The van der Waals surface area contributed by atoms with E-state index in [1.165, 1.54) is 6.92 Å². The average Bonchev–Trinajstić information content (AvgIpc) is 2.25. The SMILES string of the molecule is CC(=O)NCC=Cc1ccc(N(C)C)nc1. The molecule has 0 atom stereocenters. The second kappa shape index (κ2) is 5.90. The van der Waals surface area contributed by atoms with Crippen LogP contribution in [0.15, 0.2) is 24.4 Å². The number of carbonyl (C=O) groups is 1. The second-order valence-electron chi connectivity index (χ2n) is 3.68. The largest absolute Gasteiger partial charge is 0.363 e. The molecule has 0 saturated heterocycles. The van der Waals surface area contributed by atoms with Crippen molar-refractivity contribution in [3.05, 3.63) is 30.0 Å². The minimum absolute atomic E-state index is 0.0225. The molecule has 1 heterocycles. The van der Waals surface area contributed by atoms with Crippen molar-refractivity contribution in [2.45, 2.75) is 6.92 Å². The van der Waals surface area contributed by atoms with Crippen LogP contribution in [0.25, 0.3) is 6.08 Å². The number of anilines is 1. The highest BCUT2D eigenvalue weighted by Gasteiger charge is 1.94. The van der Waals surface area contributed by atoms with Crippen molar-refractivity contribution in [1.82, 2.24) is 10.3 Å². The molecule has 0 saturated carbocycles. The summed E-state index contributed by atoms with van der Waals surface area (Å²) in [5.74, 6) is 0.907. The topological polar surface area (TPSA) is 45.2 Å². The van der Waals surface area contributed by atoms with E-state index >= 15 is 0 Å². The fourth-order valence-electron chi connectivity index (χ4n) is 1.16. The molecule has 16 heavy (non-hydrogen) atoms. The van der Waals surface area contributed by atoms with Gasteiger partial charge in [0.1, 0.15) is 5.82 Å². The molecule has 1 aromatic heterocycles. The summed E-state index contributed by atoms with van der Waals surface area (Å²) in [6, 6.07) is 3.95. The Morgan fingerprint density at radius 2 is 2.25 bits per heavy atom. The van der Waals surface area contributed by atoms with Crippen LogP contribution in [0, 0.1) is 0 Å². The molecule has 1 amide bonds. The number of pyridine rings is 1. The van der Waals surface area contributed by atoms with Crippen LogP contribution in [0.1, 0.15) is 12.5 Å². The zero-order valence-electron chi connectivity index (χ0n) is 9.90. The van der Waals surface area contributed by atoms with Gasteiger partial charge < -0.3 is 10.2 Å². The summed E-state index contributed by atoms with van der Waals surface area (Å²) in [6.45, 7) is 2.05. The van der Waals surface area contributed by atoms with Crippen molar-refractivity contribution < 1.29 is 4.79 Å². The molecule has 0 spiro atoms. The van der Waals surface area contributed by atoms with Gasteiger partial charge in [0.25, 0.3) is 0 Å². The lowest BCUT2D eigenvalue weighted by molar-refractivity contribution is -0.118. The smallest absolute Gasteiger partial charge is 0.217 e. The van der Waals surface area contributed by atoms with Gasteiger partial charge in [-0.05, 0) is 17.7 Å². The van der Waals surface area contributed by atoms with Crippen LogP contribution in [-0.2, 0) is 4.79 Å². The monoisotopic (exact) mass is 219 g/mol. The molecule has 1 rings (SSSR count). The molecule has 0 bridgehead atoms. The number of rotatable bonds is 4. The molecule has 4 heteroatoms. The van der Waals surface area contributed by atoms with Crippen molar-refractivity contribution in [3.63, 3.8) is 0 Å². The number of hydrogen-bond donors (Lipinski definition) is 1. The zero-order chi connectivity index (χ0) is 12.0. The van der Waals surface area contributed by atoms with Gasteiger partial charge in [0, 0.05) is 33.8 Å². The number of nitrogens with one attached hydrogen (secondary N) is 1. The molecule has 0 aliphatic heterocycles. The van der Waals surface area contributed by atoms with Gasteiger partial charge in [-0.25, -0.2) is 4.98 Å². The van der Waals surface area contributed by atoms with Crippen molar-refractivity contribution >= 4 is 17.8 Å². The van der Waals surface area contributed by atoms with Crippen LogP contribution in [0.4, 0.5) is 5.82 Å². The first-order valence-electron chi connectivity index (χ1n) is 5.14. The van der Waals surface area contributed by atoms with Gasteiger partial charge in [-0.1, -0.05) is 12.2 Å². The maximum absolute atomic E-state index is 10.6. The average molecular weight is 219 g/mol. The van der Waals surface area contributed by atoms with E-state index in [0.717, 1.165) is 11.4 Å². The Balaban J connectivity index is 2.51. The summed E-state index contributed by atoms with van der Waals surface area (Å²) < 4.78 is 0. The lowest BCUT2D eigenvalue weighted by Crippen LogP contribution is -2.19. The Morgan fingerprint density at radius 1 is 1.50 bits per heavy atom. The van der Waals surface area contributed by atoms with E-state index < -0.39 is 0 Å². The van der Waals surface area contributed by atoms with Gasteiger partial charge in [0.2, 0.25) is 5.91 Å². The molecule has 0 unspecified atom stereocenters. The Bertz CT molecular complexity index is 368. The van der Waals surface area contributed by atoms with Crippen LogP contribution in [0.3, 0.4) is 0 Å². The highest BCUT2D eigenvalue weighted by molar-refractivity contribution is 5.73. The summed E-state index contributed by atoms with van der Waals surface area (Å²) in [4.78, 5) is 16.8. The van der Waals surface area contributed by atoms with Crippen molar-refractivity contribution in [2.24, 2.45) is 0 Å². The number of nitrogens with zero attached hydrogens (tertiary/aromatic N) is 2. The molecule has 86 valence electrons. The number of carbonyl (C=O) groups excluding carboxylic acids is 1. The first kappa shape index (κ1) is 12.2. The van der Waals surface area contributed by atoms with E-state index in [4.69, 9.17) is 0 Å². The summed E-state index contributed by atoms with van der Waals surface area (Å²) in [7, 11) is 3.91. The molecule has 0 aliphatic carbocycles. The van der Waals surface area contributed by atoms with Gasteiger partial charge >= 0.3 is 0 Å². The summed E-state index contributed by atoms with van der Waals surface area (Å²) in [6.07, 6.45) is 5.63. The first-order chi connectivity index (χ1) is 7.59. The summed E-state index contributed by atoms with van der Waals surface area (Å²) in [5.41, 5.74) is 1.02. The van der Waals surface area contributed by atoms with Gasteiger partial charge in [-0.3, -0.25) is 4.79 Å². The minimum Gasteiger partial charge on any atom is -0.363 e. The predicted molar refractivity (Wildman–Crippen MR) is 66.3 cm³/mol. The number of aromatic nitrogens is 1. The third-order valence-electron chi connectivity index (χ3n) is 2.01. The van der Waals surface area contributed by atoms with E-state index in [-0.39, 0.29) is 5.91 Å². The second-order valence-corrected chi connectivity index (χ2v) is 3.68. The minimum atomic E-state index is -0.0225. The maximum Gasteiger partial charge on any atom is 0.217 e. The lowest BCUT2D eigenvalue weighted by atomic mass is 10.2. The fourth-order valence-corrected chi connectivity index (χ4v) is 1.16. The standard InChI is InChI=1S/C12H17N3O/c1-10(16)13-8-4-5-11-6-7-12(14-9-11)15(2)3/h4-7,9H,8H2,1-3H3,(H,13,16). The third-order valence-corrected chi connectivity index (χ3v) is 2.01. The number of amides is 1. The van der Waals surface area contributed by atoms with Gasteiger partial charge in [-0.15, -0.1) is 0 Å². The molecule has 0 aliphatic rings. The zero-order valence-corrected chi connectivity index (χ0v) is 9.90. The maximum atomic E-state index is 10.6. The molecular formula is C12H17N3O. The Morgan fingerprint density at radius 3 is 2.75 bits per heavy atom. The van der Waals surface area contributed by atoms with E-state index in [1.54, 1.807) is 6.20 Å². The van der Waals surface area contributed by atoms with Gasteiger partial charge in [0.15, 0.2) is 0 Å². The van der Waals surface area contributed by atoms with E-state index in [0.29, 0.717) is 6.54 Å². The first-order valence-corrected chi connectivity index (χ1v) is 5.14. The van der Waals surface area contributed by atoms with Crippen LogP contribution in [-0.4, -0.2) is 31.5 Å². The van der Waals surface area contributed by atoms with Gasteiger partial charge in [-0.2, -0.15) is 0 Å². The summed E-state index contributed by atoms with van der Waals surface area (Å²) >= 11 is 0. The quantitative estimate of drug-likeness (QED) is 0.830. The normalized spacial score (nSPS) is 10.4.